The minimum absolute atomic E-state index is 0.153. The lowest BCUT2D eigenvalue weighted by molar-refractivity contribution is -0.123. The largest absolute Gasteiger partial charge is 0.497 e. The lowest BCUT2D eigenvalue weighted by Gasteiger charge is -2.15. The molecule has 1 aromatic carbocycles. The molecule has 0 atom stereocenters. The van der Waals surface area contributed by atoms with E-state index >= 15 is 0 Å². The predicted octanol–water partition coefficient (Wildman–Crippen LogP) is 1.69. The van der Waals surface area contributed by atoms with Crippen molar-refractivity contribution in [3.63, 3.8) is 0 Å². The van der Waals surface area contributed by atoms with Gasteiger partial charge >= 0.3 is 0 Å². The highest BCUT2D eigenvalue weighted by Crippen LogP contribution is 2.24. The summed E-state index contributed by atoms with van der Waals surface area (Å²) in [6.07, 6.45) is 1.42. The third-order valence-electron chi connectivity index (χ3n) is 3.04. The summed E-state index contributed by atoms with van der Waals surface area (Å²) in [4.78, 5) is 23.5. The first-order chi connectivity index (χ1) is 8.63. The molecule has 0 unspecified atom stereocenters. The molecule has 0 amide bonds. The number of rotatable bonds is 2. The van der Waals surface area contributed by atoms with E-state index in [1.165, 1.54) is 0 Å². The van der Waals surface area contributed by atoms with Gasteiger partial charge in [-0.1, -0.05) is 0 Å². The lowest BCUT2D eigenvalue weighted by atomic mass is 9.89. The molecule has 0 aliphatic heterocycles. The number of Topliss-reactive ketones (excluding diaryl/α,β-unsaturated/α-hetero) is 2. The van der Waals surface area contributed by atoms with E-state index in [-0.39, 0.29) is 22.8 Å². The van der Waals surface area contributed by atoms with E-state index in [0.29, 0.717) is 30.6 Å². The first kappa shape index (κ1) is 12.4. The zero-order valence-corrected chi connectivity index (χ0v) is 10.2. The number of ketones is 2. The summed E-state index contributed by atoms with van der Waals surface area (Å²) in [5.74, 6) is 0.400. The van der Waals surface area contributed by atoms with E-state index in [1.54, 1.807) is 31.4 Å². The topological polar surface area (TPSA) is 69.4 Å². The summed E-state index contributed by atoms with van der Waals surface area (Å²) < 4.78 is 5.05. The van der Waals surface area contributed by atoms with Crippen molar-refractivity contribution in [3.8, 4) is 5.75 Å². The monoisotopic (exact) mass is 245 g/mol. The predicted molar refractivity (Wildman–Crippen MR) is 68.0 cm³/mol. The van der Waals surface area contributed by atoms with Crippen LogP contribution in [0.25, 0.3) is 5.70 Å². The van der Waals surface area contributed by atoms with E-state index < -0.39 is 0 Å². The highest BCUT2D eigenvalue weighted by Gasteiger charge is 2.26. The fraction of sp³-hybridized carbons (Fsp3) is 0.286. The van der Waals surface area contributed by atoms with Crippen molar-refractivity contribution in [2.75, 3.05) is 7.11 Å². The Hall–Kier alpha value is -2.10. The molecule has 0 aromatic heterocycles. The highest BCUT2D eigenvalue weighted by molar-refractivity contribution is 6.26. The van der Waals surface area contributed by atoms with Gasteiger partial charge in [0.25, 0.3) is 0 Å². The Morgan fingerprint density at radius 3 is 2.17 bits per heavy atom. The van der Waals surface area contributed by atoms with Gasteiger partial charge < -0.3 is 10.5 Å². The molecule has 0 heterocycles. The fourth-order valence-electron chi connectivity index (χ4n) is 2.03. The van der Waals surface area contributed by atoms with E-state index in [4.69, 9.17) is 10.5 Å². The van der Waals surface area contributed by atoms with Gasteiger partial charge in [-0.3, -0.25) is 9.59 Å². The lowest BCUT2D eigenvalue weighted by Crippen LogP contribution is -2.22. The van der Waals surface area contributed by atoms with Crippen molar-refractivity contribution < 1.29 is 14.3 Å². The molecular weight excluding hydrogens is 230 g/mol. The zero-order valence-electron chi connectivity index (χ0n) is 10.2. The van der Waals surface area contributed by atoms with Gasteiger partial charge in [0, 0.05) is 12.8 Å². The van der Waals surface area contributed by atoms with Crippen LogP contribution < -0.4 is 10.5 Å². The minimum atomic E-state index is -0.153. The van der Waals surface area contributed by atoms with Gasteiger partial charge in [0.1, 0.15) is 5.75 Å². The number of nitrogens with two attached hydrogens (primary N) is 1. The average molecular weight is 245 g/mol. The van der Waals surface area contributed by atoms with E-state index in [1.807, 2.05) is 0 Å². The smallest absolute Gasteiger partial charge is 0.168 e. The zero-order chi connectivity index (χ0) is 13.1. The summed E-state index contributed by atoms with van der Waals surface area (Å²) in [5, 5.41) is 0. The number of ether oxygens (including phenoxy) is 1. The van der Waals surface area contributed by atoms with Crippen molar-refractivity contribution in [1.29, 1.82) is 0 Å². The molecular formula is C14H15NO3. The van der Waals surface area contributed by atoms with Crippen LogP contribution in [0.4, 0.5) is 0 Å². The van der Waals surface area contributed by atoms with Crippen molar-refractivity contribution in [1.82, 2.24) is 0 Å². The van der Waals surface area contributed by atoms with E-state index in [0.717, 1.165) is 0 Å². The summed E-state index contributed by atoms with van der Waals surface area (Å²) in [6.45, 7) is 0. The fourth-order valence-corrected chi connectivity index (χ4v) is 2.03. The number of carbonyl (C=O) groups excluding carboxylic acids is 2. The van der Waals surface area contributed by atoms with Gasteiger partial charge in [0.05, 0.1) is 18.4 Å². The number of benzene rings is 1. The second-order valence-corrected chi connectivity index (χ2v) is 4.22. The number of allylic oxidation sites excluding steroid dienone is 1. The SMILES string of the molecule is COc1ccc(C(N)=C2C(=O)CCCC2=O)cc1. The van der Waals surface area contributed by atoms with Crippen molar-refractivity contribution >= 4 is 17.3 Å². The normalized spacial score (nSPS) is 15.7. The average Bonchev–Trinajstić information content (AvgIpc) is 2.38. The van der Waals surface area contributed by atoms with Crippen LogP contribution in [0.3, 0.4) is 0 Å². The molecule has 1 saturated carbocycles. The van der Waals surface area contributed by atoms with Crippen molar-refractivity contribution in [3.05, 3.63) is 35.4 Å². The number of hydrogen-bond donors (Lipinski definition) is 1. The number of carbonyl (C=O) groups is 2. The van der Waals surface area contributed by atoms with Gasteiger partial charge in [0.15, 0.2) is 11.6 Å². The third kappa shape index (κ3) is 2.27. The maximum Gasteiger partial charge on any atom is 0.168 e. The summed E-state index contributed by atoms with van der Waals surface area (Å²) >= 11 is 0. The number of hydrogen-bond acceptors (Lipinski definition) is 4. The third-order valence-corrected chi connectivity index (χ3v) is 3.04. The molecule has 4 nitrogen and oxygen atoms in total. The Morgan fingerprint density at radius 2 is 1.67 bits per heavy atom. The van der Waals surface area contributed by atoms with Crippen LogP contribution in [0.2, 0.25) is 0 Å². The molecule has 2 N–H and O–H groups in total. The van der Waals surface area contributed by atoms with Crippen LogP contribution in [-0.4, -0.2) is 18.7 Å². The van der Waals surface area contributed by atoms with Gasteiger partial charge in [-0.2, -0.15) is 0 Å². The molecule has 0 bridgehead atoms. The summed E-state index contributed by atoms with van der Waals surface area (Å²) in [7, 11) is 1.57. The minimum Gasteiger partial charge on any atom is -0.497 e. The second kappa shape index (κ2) is 5.04. The maximum atomic E-state index is 11.8. The molecule has 0 radical (unpaired) electrons. The summed E-state index contributed by atoms with van der Waals surface area (Å²) in [5.41, 5.74) is 7.04. The van der Waals surface area contributed by atoms with Crippen LogP contribution in [0.15, 0.2) is 29.8 Å². The van der Waals surface area contributed by atoms with E-state index in [2.05, 4.69) is 0 Å². The van der Waals surface area contributed by atoms with Crippen LogP contribution in [-0.2, 0) is 9.59 Å². The molecule has 1 aliphatic carbocycles. The molecule has 4 heteroatoms. The van der Waals surface area contributed by atoms with Crippen molar-refractivity contribution in [2.45, 2.75) is 19.3 Å². The molecule has 94 valence electrons. The van der Waals surface area contributed by atoms with Gasteiger partial charge in [-0.15, -0.1) is 0 Å². The Bertz CT molecular complexity index is 496. The standard InChI is InChI=1S/C14H15NO3/c1-18-10-7-5-9(6-8-10)14(15)13-11(16)3-2-4-12(13)17/h5-8H,2-4,15H2,1H3. The first-order valence-electron chi connectivity index (χ1n) is 5.84. The molecule has 18 heavy (non-hydrogen) atoms. The quantitative estimate of drug-likeness (QED) is 0.636. The Labute approximate surface area is 105 Å². The first-order valence-corrected chi connectivity index (χ1v) is 5.84. The van der Waals surface area contributed by atoms with Crippen LogP contribution >= 0.6 is 0 Å². The molecule has 1 aromatic rings. The Kier molecular flexibility index (Phi) is 3.46. The molecule has 1 fully saturated rings. The van der Waals surface area contributed by atoms with Crippen molar-refractivity contribution in [2.24, 2.45) is 5.73 Å². The highest BCUT2D eigenvalue weighted by atomic mass is 16.5. The molecule has 2 rings (SSSR count). The Balaban J connectivity index is 2.40. The number of methoxy groups -OCH3 is 1. The van der Waals surface area contributed by atoms with E-state index in [9.17, 15) is 9.59 Å². The van der Waals surface area contributed by atoms with Gasteiger partial charge in [0.2, 0.25) is 0 Å². The summed E-state index contributed by atoms with van der Waals surface area (Å²) in [6, 6.07) is 6.99. The molecule has 0 saturated heterocycles. The van der Waals surface area contributed by atoms with Gasteiger partial charge in [-0.25, -0.2) is 0 Å². The van der Waals surface area contributed by atoms with Crippen LogP contribution in [0.5, 0.6) is 5.75 Å². The van der Waals surface area contributed by atoms with Crippen LogP contribution in [0, 0.1) is 0 Å². The van der Waals surface area contributed by atoms with Gasteiger partial charge in [-0.05, 0) is 36.2 Å². The Morgan fingerprint density at radius 1 is 1.11 bits per heavy atom. The maximum absolute atomic E-state index is 11.8. The second-order valence-electron chi connectivity index (χ2n) is 4.22. The molecule has 1 aliphatic rings. The van der Waals surface area contributed by atoms with Crippen LogP contribution in [0.1, 0.15) is 24.8 Å². The molecule has 0 spiro atoms.